The van der Waals surface area contributed by atoms with Gasteiger partial charge in [0, 0.05) is 5.03 Å². The molecule has 0 aliphatic carbocycles. The van der Waals surface area contributed by atoms with Crippen molar-refractivity contribution in [3.05, 3.63) is 65.2 Å². The van der Waals surface area contributed by atoms with Gasteiger partial charge in [-0.05, 0) is 54.7 Å². The third kappa shape index (κ3) is 7.25. The Balaban J connectivity index is 1.86. The molecule has 26 heavy (non-hydrogen) atoms. The number of benzene rings is 2. The molecule has 2 aromatic carbocycles. The molecule has 2 aromatic rings. The van der Waals surface area contributed by atoms with E-state index in [1.807, 2.05) is 37.3 Å². The smallest absolute Gasteiger partial charge is 0.119 e. The summed E-state index contributed by atoms with van der Waals surface area (Å²) in [5.41, 5.74) is 3.54. The normalized spacial score (nSPS) is 11.6. The molecule has 0 saturated heterocycles. The van der Waals surface area contributed by atoms with E-state index in [1.54, 1.807) is 0 Å². The summed E-state index contributed by atoms with van der Waals surface area (Å²) in [5.74, 6) is 0.889. The van der Waals surface area contributed by atoms with Crippen LogP contribution in [0.4, 0.5) is 0 Å². The van der Waals surface area contributed by atoms with Gasteiger partial charge in [-0.15, -0.1) is 0 Å². The summed E-state index contributed by atoms with van der Waals surface area (Å²) < 4.78 is 5.47. The molecule has 2 heteroatoms. The Hall–Kier alpha value is -1.73. The molecule has 0 amide bonds. The molecule has 0 N–H and O–H groups in total. The van der Waals surface area contributed by atoms with Gasteiger partial charge in [0.1, 0.15) is 5.75 Å². The first kappa shape index (κ1) is 20.6. The van der Waals surface area contributed by atoms with Gasteiger partial charge in [0.05, 0.1) is 6.61 Å². The molecular weight excluding hydrogens is 340 g/mol. The second kappa shape index (κ2) is 11.8. The Labute approximate surface area is 164 Å². The number of rotatable bonds is 11. The van der Waals surface area contributed by atoms with Crippen LogP contribution in [0.1, 0.15) is 69.1 Å². The van der Waals surface area contributed by atoms with Crippen molar-refractivity contribution >= 4 is 22.7 Å². The van der Waals surface area contributed by atoms with Crippen LogP contribution in [0.5, 0.6) is 5.75 Å². The fourth-order valence-electron chi connectivity index (χ4n) is 3.00. The second-order valence-corrected chi connectivity index (χ2v) is 7.12. The molecule has 0 saturated carbocycles. The fraction of sp³-hybridized carbons (Fsp3) is 0.417. The van der Waals surface area contributed by atoms with Crippen molar-refractivity contribution in [1.29, 1.82) is 0 Å². The van der Waals surface area contributed by atoms with Crippen molar-refractivity contribution in [3.8, 4) is 5.75 Å². The first-order valence-corrected chi connectivity index (χ1v) is 10.3. The van der Waals surface area contributed by atoms with Crippen molar-refractivity contribution in [2.45, 2.75) is 58.8 Å². The van der Waals surface area contributed by atoms with Gasteiger partial charge in [0.25, 0.3) is 0 Å². The molecule has 0 unspecified atom stereocenters. The average molecular weight is 371 g/mol. The van der Waals surface area contributed by atoms with Gasteiger partial charge in [-0.25, -0.2) is 0 Å². The minimum Gasteiger partial charge on any atom is -0.494 e. The number of ether oxygens (including phenoxy) is 1. The fourth-order valence-corrected chi connectivity index (χ4v) is 3.25. The van der Waals surface area contributed by atoms with Gasteiger partial charge < -0.3 is 4.74 Å². The molecule has 0 bridgehead atoms. The Bertz CT molecular complexity index is 656. The molecular formula is C24H31ClO. The van der Waals surface area contributed by atoms with E-state index in [9.17, 15) is 0 Å². The lowest BCUT2D eigenvalue weighted by Gasteiger charge is -2.05. The first-order valence-electron chi connectivity index (χ1n) is 9.92. The van der Waals surface area contributed by atoms with Crippen LogP contribution in [0.15, 0.2) is 48.5 Å². The molecule has 0 heterocycles. The highest BCUT2D eigenvalue weighted by molar-refractivity contribution is 6.51. The van der Waals surface area contributed by atoms with E-state index in [-0.39, 0.29) is 0 Å². The summed E-state index contributed by atoms with van der Waals surface area (Å²) in [6.07, 6.45) is 11.2. The van der Waals surface area contributed by atoms with E-state index in [1.165, 1.54) is 44.1 Å². The minimum atomic E-state index is 0.682. The zero-order valence-corrected chi connectivity index (χ0v) is 16.9. The van der Waals surface area contributed by atoms with E-state index in [4.69, 9.17) is 16.3 Å². The van der Waals surface area contributed by atoms with Crippen LogP contribution in [-0.4, -0.2) is 6.61 Å². The maximum atomic E-state index is 6.50. The van der Waals surface area contributed by atoms with Crippen LogP contribution in [0, 0.1) is 0 Å². The minimum absolute atomic E-state index is 0.682. The van der Waals surface area contributed by atoms with Crippen LogP contribution in [0.2, 0.25) is 0 Å². The first-order chi connectivity index (χ1) is 12.7. The summed E-state index contributed by atoms with van der Waals surface area (Å²) >= 11 is 6.50. The number of hydrogen-bond donors (Lipinski definition) is 0. The lowest BCUT2D eigenvalue weighted by Crippen LogP contribution is -1.90. The van der Waals surface area contributed by atoms with Crippen molar-refractivity contribution < 1.29 is 4.74 Å². The Morgan fingerprint density at radius 2 is 1.50 bits per heavy atom. The van der Waals surface area contributed by atoms with Crippen LogP contribution in [0.25, 0.3) is 11.1 Å². The van der Waals surface area contributed by atoms with Crippen LogP contribution in [-0.2, 0) is 6.42 Å². The molecule has 0 fully saturated rings. The molecule has 140 valence electrons. The third-order valence-electron chi connectivity index (χ3n) is 4.53. The van der Waals surface area contributed by atoms with Crippen molar-refractivity contribution in [2.75, 3.05) is 6.61 Å². The molecule has 0 aliphatic heterocycles. The van der Waals surface area contributed by atoms with Crippen molar-refractivity contribution in [3.63, 3.8) is 0 Å². The molecule has 0 aliphatic rings. The van der Waals surface area contributed by atoms with Crippen molar-refractivity contribution in [1.82, 2.24) is 0 Å². The molecule has 2 rings (SSSR count). The Morgan fingerprint density at radius 1 is 0.846 bits per heavy atom. The van der Waals surface area contributed by atoms with Gasteiger partial charge in [-0.1, -0.05) is 87.0 Å². The van der Waals surface area contributed by atoms with Crippen molar-refractivity contribution in [2.24, 2.45) is 0 Å². The average Bonchev–Trinajstić information content (AvgIpc) is 2.67. The SMILES string of the molecule is CCCCCCCCc1ccc(C(Cl)=Cc2ccc(OCC)cc2)cc1. The predicted octanol–water partition coefficient (Wildman–Crippen LogP) is 7.73. The highest BCUT2D eigenvalue weighted by Crippen LogP contribution is 2.24. The number of hydrogen-bond acceptors (Lipinski definition) is 1. The Morgan fingerprint density at radius 3 is 2.15 bits per heavy atom. The summed E-state index contributed by atoms with van der Waals surface area (Å²) in [4.78, 5) is 0. The quantitative estimate of drug-likeness (QED) is 0.290. The van der Waals surface area contributed by atoms with Gasteiger partial charge in [0.15, 0.2) is 0 Å². The van der Waals surface area contributed by atoms with E-state index < -0.39 is 0 Å². The van der Waals surface area contributed by atoms with E-state index >= 15 is 0 Å². The summed E-state index contributed by atoms with van der Waals surface area (Å²) in [6.45, 7) is 4.93. The summed E-state index contributed by atoms with van der Waals surface area (Å²) in [6, 6.07) is 16.7. The molecule has 0 spiro atoms. The standard InChI is InChI=1S/C24H31ClO/c1-3-5-6-7-8-9-10-20-11-15-22(16-12-20)24(25)19-21-13-17-23(18-14-21)26-4-2/h11-19H,3-10H2,1-2H3. The highest BCUT2D eigenvalue weighted by Gasteiger charge is 2.01. The topological polar surface area (TPSA) is 9.23 Å². The zero-order valence-electron chi connectivity index (χ0n) is 16.1. The largest absolute Gasteiger partial charge is 0.494 e. The number of unbranched alkanes of at least 4 members (excludes halogenated alkanes) is 5. The van der Waals surface area contributed by atoms with Gasteiger partial charge in [-0.2, -0.15) is 0 Å². The van der Waals surface area contributed by atoms with Crippen LogP contribution in [0.3, 0.4) is 0 Å². The lowest BCUT2D eigenvalue weighted by atomic mass is 10.0. The molecule has 0 aromatic heterocycles. The van der Waals surface area contributed by atoms with E-state index in [2.05, 4.69) is 31.2 Å². The predicted molar refractivity (Wildman–Crippen MR) is 115 cm³/mol. The zero-order chi connectivity index (χ0) is 18.6. The summed E-state index contributed by atoms with van der Waals surface area (Å²) in [5, 5.41) is 0.764. The third-order valence-corrected chi connectivity index (χ3v) is 4.86. The highest BCUT2D eigenvalue weighted by atomic mass is 35.5. The van der Waals surface area contributed by atoms with Gasteiger partial charge >= 0.3 is 0 Å². The van der Waals surface area contributed by atoms with Crippen LogP contribution >= 0.6 is 11.6 Å². The lowest BCUT2D eigenvalue weighted by molar-refractivity contribution is 0.340. The van der Waals surface area contributed by atoms with E-state index in [0.717, 1.165) is 28.3 Å². The van der Waals surface area contributed by atoms with Crippen LogP contribution < -0.4 is 4.74 Å². The molecule has 1 nitrogen and oxygen atoms in total. The van der Waals surface area contributed by atoms with Gasteiger partial charge in [0.2, 0.25) is 0 Å². The monoisotopic (exact) mass is 370 g/mol. The maximum Gasteiger partial charge on any atom is 0.119 e. The molecule has 0 radical (unpaired) electrons. The number of halogens is 1. The van der Waals surface area contributed by atoms with E-state index in [0.29, 0.717) is 6.61 Å². The summed E-state index contributed by atoms with van der Waals surface area (Å²) in [7, 11) is 0. The second-order valence-electron chi connectivity index (χ2n) is 6.71. The number of aryl methyl sites for hydroxylation is 1. The van der Waals surface area contributed by atoms with Gasteiger partial charge in [-0.3, -0.25) is 0 Å². The Kier molecular flexibility index (Phi) is 9.34. The molecule has 0 atom stereocenters. The maximum absolute atomic E-state index is 6.50.